The molecular weight excluding hydrogens is 334 g/mol. The smallest absolute Gasteiger partial charge is 0.123 e. The maximum absolute atomic E-state index is 10.6. The highest BCUT2D eigenvalue weighted by Crippen LogP contribution is 2.68. The van der Waals surface area contributed by atoms with Crippen LogP contribution in [0.15, 0.2) is 12.1 Å². The Balaban J connectivity index is 0.00000182. The summed E-state index contributed by atoms with van der Waals surface area (Å²) < 4.78 is 0. The number of phenols is 2. The van der Waals surface area contributed by atoms with E-state index in [-0.39, 0.29) is 46.2 Å². The average molecular weight is 366 g/mol. The molecule has 4 rings (SSSR count). The molecule has 0 aromatic heterocycles. The first-order valence-electron chi connectivity index (χ1n) is 9.41. The summed E-state index contributed by atoms with van der Waals surface area (Å²) in [5, 5.41) is 20.5. The summed E-state index contributed by atoms with van der Waals surface area (Å²) in [6.07, 6.45) is 5.49. The zero-order chi connectivity index (χ0) is 17.5. The molecule has 5 atom stereocenters. The average Bonchev–Trinajstić information content (AvgIpc) is 2.77. The van der Waals surface area contributed by atoms with Gasteiger partial charge in [0.05, 0.1) is 0 Å². The van der Waals surface area contributed by atoms with Crippen LogP contribution in [0.5, 0.6) is 11.5 Å². The molecule has 0 bridgehead atoms. The molecule has 0 spiro atoms. The summed E-state index contributed by atoms with van der Waals surface area (Å²) in [5.74, 6) is 1.60. The quantitative estimate of drug-likeness (QED) is 0.633. The zero-order valence-electron chi connectivity index (χ0n) is 15.8. The number of hydrogen-bond acceptors (Lipinski definition) is 3. The number of halogens is 1. The number of fused-ring (bicyclic) bond motifs is 5. The van der Waals surface area contributed by atoms with Gasteiger partial charge in [0.1, 0.15) is 11.5 Å². The van der Waals surface area contributed by atoms with Crippen LogP contribution in [-0.4, -0.2) is 16.3 Å². The monoisotopic (exact) mass is 365 g/mol. The fourth-order valence-corrected chi connectivity index (χ4v) is 7.05. The SMILES string of the molecule is CC1(C)[C@H]2CC[C@]3(C)c4c(O)cc(O)cc4C[C@H]3[C@]2(C)CC[C@@H]1N.Cl. The second-order valence-corrected chi connectivity index (χ2v) is 9.74. The molecule has 2 fully saturated rings. The number of aromatic hydroxyl groups is 2. The molecule has 0 radical (unpaired) electrons. The minimum absolute atomic E-state index is 0. The minimum atomic E-state index is 0. The maximum atomic E-state index is 10.6. The van der Waals surface area contributed by atoms with E-state index >= 15 is 0 Å². The number of rotatable bonds is 0. The van der Waals surface area contributed by atoms with E-state index in [4.69, 9.17) is 5.73 Å². The molecule has 0 unspecified atom stereocenters. The molecule has 0 aliphatic heterocycles. The fraction of sp³-hybridized carbons (Fsp3) is 0.714. The standard InChI is InChI=1S/C21H31NO2.ClH/c1-19(2)15-5-7-21(4)16(20(15,3)8-6-17(19)22)10-12-9-13(23)11-14(24)18(12)21;/h9,11,15-17,23-24H,5-8,10,22H2,1-4H3;1H/t15-,16+,17+,20-,21+;/m1./s1. The van der Waals surface area contributed by atoms with Crippen molar-refractivity contribution in [3.05, 3.63) is 23.3 Å². The first-order valence-corrected chi connectivity index (χ1v) is 9.41. The Morgan fingerprint density at radius 2 is 1.68 bits per heavy atom. The molecule has 140 valence electrons. The highest BCUT2D eigenvalue weighted by Gasteiger charge is 2.62. The van der Waals surface area contributed by atoms with Crippen LogP contribution in [0.1, 0.15) is 64.5 Å². The van der Waals surface area contributed by atoms with Gasteiger partial charge in [-0.15, -0.1) is 12.4 Å². The molecule has 0 saturated heterocycles. The van der Waals surface area contributed by atoms with E-state index in [9.17, 15) is 10.2 Å². The van der Waals surface area contributed by atoms with Gasteiger partial charge in [0.15, 0.2) is 0 Å². The molecule has 3 nitrogen and oxygen atoms in total. The van der Waals surface area contributed by atoms with Gasteiger partial charge in [-0.1, -0.05) is 27.7 Å². The predicted molar refractivity (Wildman–Crippen MR) is 103 cm³/mol. The van der Waals surface area contributed by atoms with E-state index in [0.29, 0.717) is 11.8 Å². The van der Waals surface area contributed by atoms with Crippen LogP contribution in [0.25, 0.3) is 0 Å². The zero-order valence-corrected chi connectivity index (χ0v) is 16.6. The third kappa shape index (κ3) is 2.28. The number of hydrogen-bond donors (Lipinski definition) is 3. The highest BCUT2D eigenvalue weighted by atomic mass is 35.5. The fourth-order valence-electron chi connectivity index (χ4n) is 7.05. The third-order valence-corrected chi connectivity index (χ3v) is 8.34. The van der Waals surface area contributed by atoms with Gasteiger partial charge in [-0.05, 0) is 66.4 Å². The predicted octanol–water partition coefficient (Wildman–Crippen LogP) is 4.51. The van der Waals surface area contributed by atoms with E-state index < -0.39 is 0 Å². The molecular formula is C21H32ClNO2. The Morgan fingerprint density at radius 3 is 2.36 bits per heavy atom. The van der Waals surface area contributed by atoms with Crippen molar-refractivity contribution in [1.29, 1.82) is 0 Å². The van der Waals surface area contributed by atoms with Crippen LogP contribution >= 0.6 is 12.4 Å². The van der Waals surface area contributed by atoms with Gasteiger partial charge in [-0.25, -0.2) is 0 Å². The molecule has 1 aromatic carbocycles. The first-order chi connectivity index (χ1) is 11.1. The molecule has 0 heterocycles. The minimum Gasteiger partial charge on any atom is -0.508 e. The number of benzene rings is 1. The molecule has 4 N–H and O–H groups in total. The normalized spacial score (nSPS) is 41.2. The van der Waals surface area contributed by atoms with Crippen molar-refractivity contribution in [3.8, 4) is 11.5 Å². The second-order valence-electron chi connectivity index (χ2n) is 9.74. The molecule has 0 amide bonds. The van der Waals surface area contributed by atoms with Crippen LogP contribution in [0.3, 0.4) is 0 Å². The van der Waals surface area contributed by atoms with Crippen LogP contribution < -0.4 is 5.73 Å². The van der Waals surface area contributed by atoms with Crippen LogP contribution in [0.4, 0.5) is 0 Å². The molecule has 1 aromatic rings. The van der Waals surface area contributed by atoms with Gasteiger partial charge in [-0.2, -0.15) is 0 Å². The molecule has 3 aliphatic rings. The molecule has 2 saturated carbocycles. The van der Waals surface area contributed by atoms with Crippen molar-refractivity contribution in [3.63, 3.8) is 0 Å². The lowest BCUT2D eigenvalue weighted by Gasteiger charge is -2.62. The van der Waals surface area contributed by atoms with Gasteiger partial charge in [-0.3, -0.25) is 0 Å². The largest absolute Gasteiger partial charge is 0.508 e. The third-order valence-electron chi connectivity index (χ3n) is 8.34. The van der Waals surface area contributed by atoms with E-state index in [2.05, 4.69) is 27.7 Å². The van der Waals surface area contributed by atoms with Gasteiger partial charge in [0, 0.05) is 23.1 Å². The highest BCUT2D eigenvalue weighted by molar-refractivity contribution is 5.85. The Labute approximate surface area is 157 Å². The summed E-state index contributed by atoms with van der Waals surface area (Å²) in [5.41, 5.74) is 9.16. The van der Waals surface area contributed by atoms with Crippen molar-refractivity contribution >= 4 is 12.4 Å². The summed E-state index contributed by atoms with van der Waals surface area (Å²) in [7, 11) is 0. The lowest BCUT2D eigenvalue weighted by molar-refractivity contribution is -0.107. The van der Waals surface area contributed by atoms with E-state index in [0.717, 1.165) is 30.4 Å². The van der Waals surface area contributed by atoms with Gasteiger partial charge < -0.3 is 15.9 Å². The van der Waals surface area contributed by atoms with Crippen LogP contribution in [-0.2, 0) is 11.8 Å². The lowest BCUT2D eigenvalue weighted by atomic mass is 9.43. The summed E-state index contributed by atoms with van der Waals surface area (Å²) in [6, 6.07) is 3.67. The van der Waals surface area contributed by atoms with E-state index in [1.807, 2.05) is 6.07 Å². The number of phenolic OH excluding ortho intramolecular Hbond substituents is 2. The van der Waals surface area contributed by atoms with Crippen molar-refractivity contribution in [1.82, 2.24) is 0 Å². The summed E-state index contributed by atoms with van der Waals surface area (Å²) in [6.45, 7) is 9.51. The Kier molecular flexibility index (Phi) is 4.17. The van der Waals surface area contributed by atoms with Crippen molar-refractivity contribution in [2.45, 2.75) is 71.3 Å². The van der Waals surface area contributed by atoms with E-state index in [1.54, 1.807) is 0 Å². The Hall–Kier alpha value is -0.930. The summed E-state index contributed by atoms with van der Waals surface area (Å²) in [4.78, 5) is 0. The van der Waals surface area contributed by atoms with Crippen molar-refractivity contribution < 1.29 is 10.2 Å². The topological polar surface area (TPSA) is 66.5 Å². The van der Waals surface area contributed by atoms with Crippen LogP contribution in [0.2, 0.25) is 0 Å². The Bertz CT molecular complexity index is 703. The molecule has 3 aliphatic carbocycles. The Morgan fingerprint density at radius 1 is 1.00 bits per heavy atom. The molecule has 25 heavy (non-hydrogen) atoms. The maximum Gasteiger partial charge on any atom is 0.123 e. The van der Waals surface area contributed by atoms with Gasteiger partial charge in [0.25, 0.3) is 0 Å². The first kappa shape index (κ1) is 18.8. The van der Waals surface area contributed by atoms with Gasteiger partial charge >= 0.3 is 0 Å². The van der Waals surface area contributed by atoms with Gasteiger partial charge in [0.2, 0.25) is 0 Å². The van der Waals surface area contributed by atoms with Crippen molar-refractivity contribution in [2.24, 2.45) is 28.4 Å². The summed E-state index contributed by atoms with van der Waals surface area (Å²) >= 11 is 0. The molecule has 4 heteroatoms. The lowest BCUT2D eigenvalue weighted by Crippen LogP contribution is -2.60. The van der Waals surface area contributed by atoms with Crippen molar-refractivity contribution in [2.75, 3.05) is 0 Å². The van der Waals surface area contributed by atoms with E-state index in [1.165, 1.54) is 18.9 Å². The van der Waals surface area contributed by atoms with Crippen LogP contribution in [0, 0.1) is 22.7 Å². The number of nitrogens with two attached hydrogens (primary N) is 1. The second kappa shape index (κ2) is 5.53.